The molecule has 0 unspecified atom stereocenters. The summed E-state index contributed by atoms with van der Waals surface area (Å²) in [6, 6.07) is 33.7. The smallest absolute Gasteiger partial charge is 0.265 e. The molecule has 2 amide bonds. The van der Waals surface area contributed by atoms with Crippen LogP contribution < -0.4 is 15.0 Å². The third-order valence-electron chi connectivity index (χ3n) is 7.91. The molecule has 1 aliphatic rings. The maximum atomic E-state index is 13.3. The number of carbonyl (C=O) groups excluding carboxylic acids is 2. The lowest BCUT2D eigenvalue weighted by Gasteiger charge is -2.32. The SMILES string of the molecule is CCC(C)(C)c1ccc2c(c1)N(Cc1ccc(C(=O)N[C@@H](Cc3ccccc3)c3ccccc3)cc1)C(=O)CO2. The van der Waals surface area contributed by atoms with Crippen molar-refractivity contribution in [2.45, 2.75) is 51.6 Å². The van der Waals surface area contributed by atoms with Gasteiger partial charge in [0.2, 0.25) is 0 Å². The fourth-order valence-electron chi connectivity index (χ4n) is 4.97. The van der Waals surface area contributed by atoms with Gasteiger partial charge in [-0.2, -0.15) is 0 Å². The molecule has 1 N–H and O–H groups in total. The van der Waals surface area contributed by atoms with Gasteiger partial charge in [0.05, 0.1) is 18.3 Å². The van der Waals surface area contributed by atoms with Crippen molar-refractivity contribution in [3.63, 3.8) is 0 Å². The van der Waals surface area contributed by atoms with Gasteiger partial charge in [-0.25, -0.2) is 0 Å². The molecule has 204 valence electrons. The quantitative estimate of drug-likeness (QED) is 0.252. The molecule has 0 bridgehead atoms. The predicted octanol–water partition coefficient (Wildman–Crippen LogP) is 7.01. The summed E-state index contributed by atoms with van der Waals surface area (Å²) < 4.78 is 5.73. The van der Waals surface area contributed by atoms with Gasteiger partial charge in [0.15, 0.2) is 6.61 Å². The molecule has 5 rings (SSSR count). The number of nitrogens with one attached hydrogen (secondary N) is 1. The first kappa shape index (κ1) is 27.2. The molecule has 40 heavy (non-hydrogen) atoms. The molecule has 0 radical (unpaired) electrons. The molecule has 0 aliphatic carbocycles. The average Bonchev–Trinajstić information content (AvgIpc) is 2.99. The van der Waals surface area contributed by atoms with E-state index in [2.05, 4.69) is 50.4 Å². The standard InChI is InChI=1S/C35H36N2O3/c1-4-35(2,3)29-19-20-32-31(22-29)37(33(38)24-40-32)23-26-15-17-28(18-16-26)34(39)36-30(27-13-9-6-10-14-27)21-25-11-7-5-8-12-25/h5-20,22,30H,4,21,23-24H2,1-3H3,(H,36,39)/t30-/m0/s1. The molecular formula is C35H36N2O3. The van der Waals surface area contributed by atoms with Crippen LogP contribution in [0.4, 0.5) is 5.69 Å². The lowest BCUT2D eigenvalue weighted by Crippen LogP contribution is -2.38. The Bertz CT molecular complexity index is 1460. The highest BCUT2D eigenvalue weighted by atomic mass is 16.5. The second-order valence-electron chi connectivity index (χ2n) is 11.0. The Balaban J connectivity index is 1.32. The van der Waals surface area contributed by atoms with E-state index in [-0.39, 0.29) is 29.9 Å². The molecule has 0 spiro atoms. The molecule has 0 saturated heterocycles. The van der Waals surface area contributed by atoms with E-state index in [1.54, 1.807) is 4.90 Å². The number of benzene rings is 4. The van der Waals surface area contributed by atoms with Crippen LogP contribution in [0.3, 0.4) is 0 Å². The molecule has 5 nitrogen and oxygen atoms in total. The molecule has 0 fully saturated rings. The second kappa shape index (κ2) is 11.8. The fourth-order valence-corrected chi connectivity index (χ4v) is 4.97. The molecule has 1 atom stereocenters. The van der Waals surface area contributed by atoms with Gasteiger partial charge >= 0.3 is 0 Å². The Kier molecular flexibility index (Phi) is 8.01. The third kappa shape index (κ3) is 6.09. The van der Waals surface area contributed by atoms with Crippen molar-refractivity contribution in [2.75, 3.05) is 11.5 Å². The van der Waals surface area contributed by atoms with E-state index in [1.807, 2.05) is 78.9 Å². The minimum atomic E-state index is -0.153. The van der Waals surface area contributed by atoms with Crippen LogP contribution in [0.5, 0.6) is 5.75 Å². The number of rotatable bonds is 9. The topological polar surface area (TPSA) is 58.6 Å². The number of nitrogens with zero attached hydrogens (tertiary/aromatic N) is 1. The number of hydrogen-bond acceptors (Lipinski definition) is 3. The normalized spacial score (nSPS) is 13.8. The van der Waals surface area contributed by atoms with Crippen molar-refractivity contribution in [2.24, 2.45) is 0 Å². The summed E-state index contributed by atoms with van der Waals surface area (Å²) in [5.41, 5.74) is 5.71. The molecule has 0 saturated carbocycles. The minimum absolute atomic E-state index is 0.00563. The number of anilines is 1. The van der Waals surface area contributed by atoms with Gasteiger partial charge in [0.25, 0.3) is 11.8 Å². The van der Waals surface area contributed by atoms with E-state index in [0.29, 0.717) is 18.5 Å². The Morgan fingerprint density at radius 1 is 0.900 bits per heavy atom. The summed E-state index contributed by atoms with van der Waals surface area (Å²) in [6.45, 7) is 7.01. The fraction of sp³-hybridized carbons (Fsp3) is 0.257. The van der Waals surface area contributed by atoms with Crippen LogP contribution in [0.2, 0.25) is 0 Å². The zero-order valence-electron chi connectivity index (χ0n) is 23.4. The van der Waals surface area contributed by atoms with Crippen molar-refractivity contribution < 1.29 is 14.3 Å². The molecule has 1 heterocycles. The van der Waals surface area contributed by atoms with Gasteiger partial charge in [0.1, 0.15) is 5.75 Å². The highest BCUT2D eigenvalue weighted by Crippen LogP contribution is 2.38. The summed E-state index contributed by atoms with van der Waals surface area (Å²) in [7, 11) is 0. The first-order valence-corrected chi connectivity index (χ1v) is 13.9. The molecule has 1 aliphatic heterocycles. The van der Waals surface area contributed by atoms with E-state index in [1.165, 1.54) is 5.56 Å². The van der Waals surface area contributed by atoms with Crippen LogP contribution in [0.25, 0.3) is 0 Å². The lowest BCUT2D eigenvalue weighted by atomic mass is 9.82. The molecule has 4 aromatic rings. The molecule has 0 aromatic heterocycles. The number of hydrogen-bond donors (Lipinski definition) is 1. The van der Waals surface area contributed by atoms with Gasteiger partial charge in [-0.1, -0.05) is 99.6 Å². The summed E-state index contributed by atoms with van der Waals surface area (Å²) in [4.78, 5) is 28.0. The maximum Gasteiger partial charge on any atom is 0.265 e. The van der Waals surface area contributed by atoms with Crippen molar-refractivity contribution in [3.8, 4) is 5.75 Å². The Labute approximate surface area is 236 Å². The molecule has 4 aromatic carbocycles. The monoisotopic (exact) mass is 532 g/mol. The van der Waals surface area contributed by atoms with E-state index in [0.717, 1.165) is 34.5 Å². The number of carbonyl (C=O) groups is 2. The average molecular weight is 533 g/mol. The van der Waals surface area contributed by atoms with Crippen LogP contribution in [0, 0.1) is 0 Å². The van der Waals surface area contributed by atoms with Crippen molar-refractivity contribution >= 4 is 17.5 Å². The van der Waals surface area contributed by atoms with Crippen LogP contribution in [-0.2, 0) is 23.2 Å². The van der Waals surface area contributed by atoms with Gasteiger partial charge in [-0.05, 0) is 64.8 Å². The van der Waals surface area contributed by atoms with Crippen molar-refractivity contribution in [1.82, 2.24) is 5.32 Å². The second-order valence-corrected chi connectivity index (χ2v) is 11.0. The van der Waals surface area contributed by atoms with E-state index >= 15 is 0 Å². The zero-order valence-corrected chi connectivity index (χ0v) is 23.4. The lowest BCUT2D eigenvalue weighted by molar-refractivity contribution is -0.121. The van der Waals surface area contributed by atoms with Crippen molar-refractivity contribution in [3.05, 3.63) is 131 Å². The van der Waals surface area contributed by atoms with E-state index < -0.39 is 0 Å². The minimum Gasteiger partial charge on any atom is -0.482 e. The highest BCUT2D eigenvalue weighted by Gasteiger charge is 2.28. The largest absolute Gasteiger partial charge is 0.482 e. The van der Waals surface area contributed by atoms with Crippen LogP contribution in [0.1, 0.15) is 65.8 Å². The third-order valence-corrected chi connectivity index (χ3v) is 7.91. The van der Waals surface area contributed by atoms with E-state index in [4.69, 9.17) is 4.74 Å². The summed E-state index contributed by atoms with van der Waals surface area (Å²) in [5.74, 6) is 0.513. The zero-order chi connectivity index (χ0) is 28.1. The predicted molar refractivity (Wildman–Crippen MR) is 160 cm³/mol. The summed E-state index contributed by atoms with van der Waals surface area (Å²) in [5, 5.41) is 3.22. The first-order valence-electron chi connectivity index (χ1n) is 13.9. The Morgan fingerprint density at radius 2 is 1.57 bits per heavy atom. The Morgan fingerprint density at radius 3 is 2.25 bits per heavy atom. The van der Waals surface area contributed by atoms with Crippen LogP contribution in [-0.4, -0.2) is 18.4 Å². The first-order chi connectivity index (χ1) is 19.3. The van der Waals surface area contributed by atoms with Gasteiger partial charge in [0, 0.05) is 5.56 Å². The molecular weight excluding hydrogens is 496 g/mol. The summed E-state index contributed by atoms with van der Waals surface area (Å²) >= 11 is 0. The molecule has 5 heteroatoms. The van der Waals surface area contributed by atoms with Gasteiger partial charge < -0.3 is 15.0 Å². The van der Waals surface area contributed by atoms with Crippen molar-refractivity contribution in [1.29, 1.82) is 0 Å². The van der Waals surface area contributed by atoms with Crippen LogP contribution in [0.15, 0.2) is 103 Å². The Hall–Kier alpha value is -4.38. The maximum absolute atomic E-state index is 13.3. The number of amides is 2. The van der Waals surface area contributed by atoms with Gasteiger partial charge in [-0.3, -0.25) is 9.59 Å². The van der Waals surface area contributed by atoms with Gasteiger partial charge in [-0.15, -0.1) is 0 Å². The van der Waals surface area contributed by atoms with E-state index in [9.17, 15) is 9.59 Å². The number of fused-ring (bicyclic) bond motifs is 1. The van der Waals surface area contributed by atoms with Crippen LogP contribution >= 0.6 is 0 Å². The summed E-state index contributed by atoms with van der Waals surface area (Å²) in [6.07, 6.45) is 1.69. The highest BCUT2D eigenvalue weighted by molar-refractivity contribution is 5.98. The number of ether oxygens (including phenoxy) is 1.